The van der Waals surface area contributed by atoms with Gasteiger partial charge in [0.05, 0.1) is 5.60 Å². The first-order chi connectivity index (χ1) is 10.1. The van der Waals surface area contributed by atoms with Crippen LogP contribution in [0.4, 0.5) is 5.69 Å². The highest BCUT2D eigenvalue weighted by atomic mass is 35.5. The summed E-state index contributed by atoms with van der Waals surface area (Å²) in [7, 11) is 0. The minimum Gasteiger partial charge on any atom is -0.362 e. The van der Waals surface area contributed by atoms with Crippen molar-refractivity contribution < 1.29 is 4.74 Å². The second-order valence-electron chi connectivity index (χ2n) is 5.46. The molecule has 21 heavy (non-hydrogen) atoms. The summed E-state index contributed by atoms with van der Waals surface area (Å²) in [6.07, 6.45) is 2.68. The Labute approximate surface area is 130 Å². The second kappa shape index (κ2) is 5.55. The van der Waals surface area contributed by atoms with Crippen molar-refractivity contribution >= 4 is 17.3 Å². The largest absolute Gasteiger partial charge is 0.362 e. The normalized spacial score (nSPS) is 20.5. The van der Waals surface area contributed by atoms with Crippen molar-refractivity contribution in [3.63, 3.8) is 0 Å². The summed E-state index contributed by atoms with van der Waals surface area (Å²) < 4.78 is 5.94. The molecule has 1 aliphatic heterocycles. The molecule has 0 saturated heterocycles. The van der Waals surface area contributed by atoms with Gasteiger partial charge in [0.1, 0.15) is 6.73 Å². The SMILES string of the molecule is C=CCC1(C)OCNc2ccc(-c3cccc(Cl)c3)cc21. The lowest BCUT2D eigenvalue weighted by atomic mass is 9.87. The fraction of sp³-hybridized carbons (Fsp3) is 0.222. The maximum absolute atomic E-state index is 6.09. The van der Waals surface area contributed by atoms with Crippen molar-refractivity contribution in [3.8, 4) is 11.1 Å². The Hall–Kier alpha value is -1.77. The van der Waals surface area contributed by atoms with E-state index in [1.165, 1.54) is 0 Å². The van der Waals surface area contributed by atoms with Crippen molar-refractivity contribution in [2.45, 2.75) is 18.9 Å². The number of benzene rings is 2. The zero-order chi connectivity index (χ0) is 14.9. The van der Waals surface area contributed by atoms with Crippen LogP contribution < -0.4 is 5.32 Å². The van der Waals surface area contributed by atoms with E-state index in [1.54, 1.807) is 0 Å². The number of ether oxygens (including phenoxy) is 1. The number of rotatable bonds is 3. The highest BCUT2D eigenvalue weighted by Gasteiger charge is 2.32. The van der Waals surface area contributed by atoms with Crippen LogP contribution in [-0.4, -0.2) is 6.73 Å². The van der Waals surface area contributed by atoms with Gasteiger partial charge in [-0.25, -0.2) is 0 Å². The Morgan fingerprint density at radius 1 is 1.29 bits per heavy atom. The minimum absolute atomic E-state index is 0.336. The fourth-order valence-electron chi connectivity index (χ4n) is 2.78. The summed E-state index contributed by atoms with van der Waals surface area (Å²) in [5.74, 6) is 0. The van der Waals surface area contributed by atoms with Gasteiger partial charge in [-0.2, -0.15) is 0 Å². The van der Waals surface area contributed by atoms with Gasteiger partial charge in [-0.1, -0.05) is 35.9 Å². The minimum atomic E-state index is -0.336. The topological polar surface area (TPSA) is 21.3 Å². The molecule has 1 N–H and O–H groups in total. The van der Waals surface area contributed by atoms with Crippen molar-refractivity contribution in [1.29, 1.82) is 0 Å². The quantitative estimate of drug-likeness (QED) is 0.787. The van der Waals surface area contributed by atoms with Gasteiger partial charge in [0.15, 0.2) is 0 Å². The average molecular weight is 300 g/mol. The van der Waals surface area contributed by atoms with Crippen LogP contribution in [0.15, 0.2) is 55.1 Å². The van der Waals surface area contributed by atoms with Gasteiger partial charge in [-0.05, 0) is 48.7 Å². The van der Waals surface area contributed by atoms with Gasteiger partial charge in [-0.3, -0.25) is 0 Å². The van der Waals surface area contributed by atoms with Gasteiger partial charge in [0.25, 0.3) is 0 Å². The molecular formula is C18H18ClNO. The van der Waals surface area contributed by atoms with Crippen LogP contribution in [0, 0.1) is 0 Å². The van der Waals surface area contributed by atoms with Crippen molar-refractivity contribution in [2.75, 3.05) is 12.0 Å². The van der Waals surface area contributed by atoms with Crippen molar-refractivity contribution in [3.05, 3.63) is 65.7 Å². The third-order valence-corrected chi connectivity index (χ3v) is 4.17. The first-order valence-electron chi connectivity index (χ1n) is 7.01. The molecule has 2 aromatic rings. The predicted octanol–water partition coefficient (Wildman–Crippen LogP) is 5.20. The van der Waals surface area contributed by atoms with Crippen LogP contribution in [0.25, 0.3) is 11.1 Å². The molecule has 0 aliphatic carbocycles. The second-order valence-corrected chi connectivity index (χ2v) is 5.90. The summed E-state index contributed by atoms with van der Waals surface area (Å²) in [5, 5.41) is 4.03. The van der Waals surface area contributed by atoms with E-state index in [4.69, 9.17) is 16.3 Å². The van der Waals surface area contributed by atoms with Gasteiger partial charge < -0.3 is 10.1 Å². The number of halogens is 1. The lowest BCUT2D eigenvalue weighted by molar-refractivity contribution is -0.0307. The molecule has 0 saturated carbocycles. The van der Waals surface area contributed by atoms with Crippen LogP contribution in [0.3, 0.4) is 0 Å². The molecule has 2 aromatic carbocycles. The summed E-state index contributed by atoms with van der Waals surface area (Å²) in [6, 6.07) is 14.3. The number of nitrogens with one attached hydrogen (secondary N) is 1. The number of anilines is 1. The summed E-state index contributed by atoms with van der Waals surface area (Å²) in [6.45, 7) is 6.48. The molecule has 1 unspecified atom stereocenters. The third-order valence-electron chi connectivity index (χ3n) is 3.93. The zero-order valence-corrected chi connectivity index (χ0v) is 12.8. The highest BCUT2D eigenvalue weighted by Crippen LogP contribution is 2.40. The molecule has 1 atom stereocenters. The van der Waals surface area contributed by atoms with E-state index in [2.05, 4.69) is 43.1 Å². The van der Waals surface area contributed by atoms with Crippen LogP contribution >= 0.6 is 11.6 Å². The lowest BCUT2D eigenvalue weighted by Crippen LogP contribution is -2.33. The first-order valence-corrected chi connectivity index (χ1v) is 7.39. The van der Waals surface area contributed by atoms with Crippen LogP contribution in [0.5, 0.6) is 0 Å². The fourth-order valence-corrected chi connectivity index (χ4v) is 2.97. The molecule has 0 fully saturated rings. The molecule has 3 heteroatoms. The Kier molecular flexibility index (Phi) is 3.75. The average Bonchev–Trinajstić information content (AvgIpc) is 2.47. The zero-order valence-electron chi connectivity index (χ0n) is 12.0. The molecule has 1 aliphatic rings. The van der Waals surface area contributed by atoms with Crippen molar-refractivity contribution in [1.82, 2.24) is 0 Å². The van der Waals surface area contributed by atoms with E-state index < -0.39 is 0 Å². The van der Waals surface area contributed by atoms with Crippen molar-refractivity contribution in [2.24, 2.45) is 0 Å². The maximum atomic E-state index is 6.09. The van der Waals surface area contributed by atoms with E-state index in [-0.39, 0.29) is 5.60 Å². The van der Waals surface area contributed by atoms with Crippen LogP contribution in [0.2, 0.25) is 5.02 Å². The monoisotopic (exact) mass is 299 g/mol. The number of hydrogen-bond acceptors (Lipinski definition) is 2. The number of hydrogen-bond donors (Lipinski definition) is 1. The molecule has 0 radical (unpaired) electrons. The molecule has 108 valence electrons. The smallest absolute Gasteiger partial charge is 0.117 e. The lowest BCUT2D eigenvalue weighted by Gasteiger charge is -2.36. The maximum Gasteiger partial charge on any atom is 0.117 e. The van der Waals surface area contributed by atoms with E-state index >= 15 is 0 Å². The molecular weight excluding hydrogens is 282 g/mol. The Morgan fingerprint density at radius 2 is 2.10 bits per heavy atom. The first kappa shape index (κ1) is 14.2. The van der Waals surface area contributed by atoms with E-state index in [0.29, 0.717) is 6.73 Å². The molecule has 0 bridgehead atoms. The molecule has 0 aromatic heterocycles. The number of fused-ring (bicyclic) bond motifs is 1. The summed E-state index contributed by atoms with van der Waals surface area (Å²) in [4.78, 5) is 0. The van der Waals surface area contributed by atoms with E-state index in [0.717, 1.165) is 33.8 Å². The Bertz CT molecular complexity index is 683. The molecule has 2 nitrogen and oxygen atoms in total. The third kappa shape index (κ3) is 2.69. The molecule has 0 amide bonds. The summed E-state index contributed by atoms with van der Waals surface area (Å²) >= 11 is 6.09. The van der Waals surface area contributed by atoms with Gasteiger partial charge >= 0.3 is 0 Å². The Morgan fingerprint density at radius 3 is 2.86 bits per heavy atom. The molecule has 3 rings (SSSR count). The molecule has 1 heterocycles. The molecule has 0 spiro atoms. The highest BCUT2D eigenvalue weighted by molar-refractivity contribution is 6.30. The van der Waals surface area contributed by atoms with Gasteiger partial charge in [0.2, 0.25) is 0 Å². The van der Waals surface area contributed by atoms with Gasteiger partial charge in [0, 0.05) is 16.3 Å². The van der Waals surface area contributed by atoms with Crippen LogP contribution in [0.1, 0.15) is 18.9 Å². The summed E-state index contributed by atoms with van der Waals surface area (Å²) in [5.41, 5.74) is 4.19. The standard InChI is InChI=1S/C18H18ClNO/c1-3-9-18(2)16-11-14(7-8-17(16)20-12-21-18)13-5-4-6-15(19)10-13/h3-8,10-11,20H,1,9,12H2,2H3. The van der Waals surface area contributed by atoms with E-state index in [1.807, 2.05) is 24.3 Å². The van der Waals surface area contributed by atoms with Gasteiger partial charge in [-0.15, -0.1) is 6.58 Å². The van der Waals surface area contributed by atoms with Crippen LogP contribution in [-0.2, 0) is 10.3 Å². The van der Waals surface area contributed by atoms with E-state index in [9.17, 15) is 0 Å². The Balaban J connectivity index is 2.09. The predicted molar refractivity (Wildman–Crippen MR) is 88.6 cm³/mol.